The number of nitrogens with zero attached hydrogens (tertiary/aromatic N) is 21. The van der Waals surface area contributed by atoms with E-state index in [4.69, 9.17) is 75.4 Å². The van der Waals surface area contributed by atoms with Crippen LogP contribution in [0, 0.1) is 52.3 Å². The van der Waals surface area contributed by atoms with Crippen molar-refractivity contribution in [2.45, 2.75) is 160 Å². The highest BCUT2D eigenvalue weighted by molar-refractivity contribution is 6.36. The number of ether oxygens (including phenoxy) is 3. The van der Waals surface area contributed by atoms with Crippen LogP contribution in [0.25, 0.3) is 25.3 Å². The fourth-order valence-corrected chi connectivity index (χ4v) is 19.7. The number of carbonyl (C=O) groups excluding carboxylic acids is 3. The topological polar surface area (TPSA) is 208 Å². The molecule has 0 bridgehead atoms. The maximum absolute atomic E-state index is 14.1. The predicted molar refractivity (Wildman–Crippen MR) is 483 cm³/mol. The summed E-state index contributed by atoms with van der Waals surface area (Å²) in [5, 5.41) is 2.89. The van der Waals surface area contributed by atoms with Crippen molar-refractivity contribution in [2.75, 3.05) is 188 Å². The minimum Gasteiger partial charge on any atom is -0.462 e. The summed E-state index contributed by atoms with van der Waals surface area (Å²) in [5.41, 5.74) is 11.2. The maximum Gasteiger partial charge on any atom is 0.418 e. The van der Waals surface area contributed by atoms with E-state index in [1.807, 2.05) is 23.1 Å². The van der Waals surface area contributed by atoms with Crippen LogP contribution in [0.5, 0.6) is 18.0 Å². The fraction of sp³-hybridized carbons (Fsp3) is 0.516. The van der Waals surface area contributed by atoms with Gasteiger partial charge in [-0.2, -0.15) is 43.1 Å². The quantitative estimate of drug-likeness (QED) is 0.0395. The average Bonchev–Trinajstić information content (AvgIpc) is 0.803. The van der Waals surface area contributed by atoms with Gasteiger partial charge in [0.25, 0.3) is 5.91 Å². The summed E-state index contributed by atoms with van der Waals surface area (Å²) >= 11 is 6.70. The zero-order valence-corrected chi connectivity index (χ0v) is 74.1. The van der Waals surface area contributed by atoms with E-state index in [1.54, 1.807) is 27.7 Å². The Hall–Kier alpha value is -11.5. The molecule has 0 radical (unpaired) electrons. The Morgan fingerprint density at radius 2 is 0.929 bits per heavy atom. The summed E-state index contributed by atoms with van der Waals surface area (Å²) < 4.78 is 61.0. The van der Waals surface area contributed by atoms with E-state index in [9.17, 15) is 27.6 Å². The number of allylic oxidation sites excluding steroid dienone is 1. The van der Waals surface area contributed by atoms with Gasteiger partial charge in [0.2, 0.25) is 31.4 Å². The Balaban J connectivity index is 0.000000146. The minimum atomic E-state index is -4.49. The van der Waals surface area contributed by atoms with E-state index in [1.165, 1.54) is 53.9 Å². The summed E-state index contributed by atoms with van der Waals surface area (Å²) in [5.74, 6) is 7.44. The molecule has 0 spiro atoms. The zero-order valence-electron chi connectivity index (χ0n) is 73.4. The molecular formula is C95H113ClF3N21O6. The van der Waals surface area contributed by atoms with Gasteiger partial charge in [-0.25, -0.2) is 19.7 Å². The molecule has 6 fully saturated rings. The first-order valence-corrected chi connectivity index (χ1v) is 44.6. The second kappa shape index (κ2) is 40.0. The molecule has 6 saturated heterocycles. The number of alkyl halides is 3. The molecule has 3 aromatic heterocycles. The number of carbonyl (C=O) groups is 3. The molecule has 31 heteroatoms. The molecule has 0 N–H and O–H groups in total. The Morgan fingerprint density at radius 3 is 1.37 bits per heavy atom. The van der Waals surface area contributed by atoms with Gasteiger partial charge in [0.1, 0.15) is 55.4 Å². The number of benzene rings is 4. The minimum absolute atomic E-state index is 0.100. The molecule has 17 rings (SSSR count). The van der Waals surface area contributed by atoms with E-state index in [0.29, 0.717) is 147 Å². The van der Waals surface area contributed by atoms with Crippen LogP contribution in [0.3, 0.4) is 0 Å². The van der Waals surface area contributed by atoms with E-state index in [0.717, 1.165) is 152 Å². The third-order valence-corrected chi connectivity index (χ3v) is 27.1. The molecular weight excluding hydrogens is 1620 g/mol. The van der Waals surface area contributed by atoms with Crippen molar-refractivity contribution in [3.05, 3.63) is 192 Å². The molecule has 0 saturated carbocycles. The van der Waals surface area contributed by atoms with Crippen molar-refractivity contribution in [1.82, 2.24) is 59.3 Å². The third kappa shape index (κ3) is 19.8. The highest BCUT2D eigenvalue weighted by Crippen LogP contribution is 2.44. The normalized spacial score (nSPS) is 21.4. The third-order valence-electron chi connectivity index (χ3n) is 26.8. The summed E-state index contributed by atoms with van der Waals surface area (Å²) in [4.78, 5) is 104. The van der Waals surface area contributed by atoms with Crippen LogP contribution in [-0.4, -0.2) is 272 Å². The van der Waals surface area contributed by atoms with Crippen LogP contribution in [0.4, 0.5) is 47.7 Å². The van der Waals surface area contributed by atoms with Gasteiger partial charge >= 0.3 is 24.2 Å². The lowest BCUT2D eigenvalue weighted by Gasteiger charge is -2.42. The fourth-order valence-electron chi connectivity index (χ4n) is 19.5. The van der Waals surface area contributed by atoms with Gasteiger partial charge in [0, 0.05) is 141 Å². The van der Waals surface area contributed by atoms with E-state index in [-0.39, 0.29) is 78.8 Å². The molecule has 1 aliphatic carbocycles. The number of hydrogen-bond donors (Lipinski definition) is 0. The lowest BCUT2D eigenvalue weighted by Crippen LogP contribution is -2.57. The number of likely N-dealkylation sites (tertiary alicyclic amines) is 3. The van der Waals surface area contributed by atoms with Crippen molar-refractivity contribution in [2.24, 2.45) is 0 Å². The van der Waals surface area contributed by atoms with Crippen LogP contribution in [-0.2, 0) is 59.5 Å². The van der Waals surface area contributed by atoms with E-state index >= 15 is 0 Å². The highest BCUT2D eigenvalue weighted by Gasteiger charge is 2.43. The van der Waals surface area contributed by atoms with Crippen LogP contribution < -0.4 is 43.6 Å². The SMILES string of the molecule is [C-]#[N+]C[C@H]1CN(c2nc(OC[C@@H]3CCCN3C)nc3c2CCN(c2cccc(C)c2C(F)(F)F)C3)CCN1C(=O)C=C.[C-]#[N+]C[C@H]1CN(c2nc(OC[C@@H]3CCCN3C)nc3c2CCN(c2cccc(C)c2C)C3)CCN1C(=O)C1=CCC1.[C-]#[N+]C[C@H]1CN(c2nc(OC[C@@H]3CCCN3C)nc3c2CCN(c2cccc4cccc(Cl)c24)C3)CCN1C(=O)C#CC. The highest BCUT2D eigenvalue weighted by atomic mass is 35.5. The molecule has 0 unspecified atom stereocenters. The molecule has 662 valence electrons. The van der Waals surface area contributed by atoms with Crippen molar-refractivity contribution in [3.8, 4) is 29.9 Å². The van der Waals surface area contributed by atoms with Gasteiger partial charge < -0.3 is 87.5 Å². The summed E-state index contributed by atoms with van der Waals surface area (Å²) in [6.07, 6.45) is 9.32. The molecule has 27 nitrogen and oxygen atoms in total. The van der Waals surface area contributed by atoms with Gasteiger partial charge in [0.15, 0.2) is 0 Å². The molecule has 9 aliphatic heterocycles. The Bertz CT molecular complexity index is 5430. The second-order valence-corrected chi connectivity index (χ2v) is 34.9. The predicted octanol–water partition coefficient (Wildman–Crippen LogP) is 12.0. The van der Waals surface area contributed by atoms with E-state index in [2.05, 4.69) is 150 Å². The van der Waals surface area contributed by atoms with Gasteiger partial charge in [0.05, 0.1) is 47.3 Å². The Morgan fingerprint density at radius 1 is 0.516 bits per heavy atom. The monoisotopic (exact) mass is 1740 g/mol. The summed E-state index contributed by atoms with van der Waals surface area (Å²) in [6.45, 7) is 47.2. The number of aryl methyl sites for hydroxylation is 2. The van der Waals surface area contributed by atoms with Crippen LogP contribution in [0.1, 0.15) is 114 Å². The molecule has 10 aliphatic rings. The Kier molecular flexibility index (Phi) is 28.3. The first kappa shape index (κ1) is 89.3. The number of hydrogen-bond acceptors (Lipinski definition) is 21. The number of fused-ring (bicyclic) bond motifs is 4. The Labute approximate surface area is 742 Å². The molecule has 3 amide bonds. The lowest BCUT2D eigenvalue weighted by atomic mass is 9.96. The number of halogens is 4. The van der Waals surface area contributed by atoms with Gasteiger partial charge in [-0.15, -0.1) is 0 Å². The van der Waals surface area contributed by atoms with Crippen molar-refractivity contribution >= 4 is 74.6 Å². The van der Waals surface area contributed by atoms with Crippen LogP contribution in [0.2, 0.25) is 5.02 Å². The first-order chi connectivity index (χ1) is 61.0. The molecule has 7 aromatic rings. The number of aromatic nitrogens is 6. The van der Waals surface area contributed by atoms with Crippen molar-refractivity contribution in [3.63, 3.8) is 0 Å². The van der Waals surface area contributed by atoms with Crippen LogP contribution >= 0.6 is 11.6 Å². The number of likely N-dealkylation sites (N-methyl/N-ethyl adjacent to an activating group) is 3. The summed E-state index contributed by atoms with van der Waals surface area (Å²) in [6, 6.07) is 24.6. The molecule has 4 aromatic carbocycles. The number of piperazine rings is 3. The lowest BCUT2D eigenvalue weighted by molar-refractivity contribution is -0.137. The van der Waals surface area contributed by atoms with Gasteiger partial charge in [-0.05, 0) is 197 Å². The largest absolute Gasteiger partial charge is 0.462 e. The van der Waals surface area contributed by atoms with Crippen LogP contribution in [0.15, 0.2) is 97.1 Å². The number of rotatable bonds is 20. The van der Waals surface area contributed by atoms with Crippen molar-refractivity contribution in [1.29, 1.82) is 0 Å². The zero-order chi connectivity index (χ0) is 88.5. The molecule has 12 heterocycles. The van der Waals surface area contributed by atoms with Crippen molar-refractivity contribution < 1.29 is 41.8 Å². The molecule has 6 atom stereocenters. The van der Waals surface area contributed by atoms with E-state index < -0.39 is 11.7 Å². The maximum atomic E-state index is 14.1. The van der Waals surface area contributed by atoms with Gasteiger partial charge in [-0.1, -0.05) is 78.7 Å². The number of amides is 3. The average molecular weight is 1740 g/mol. The summed E-state index contributed by atoms with van der Waals surface area (Å²) in [7, 11) is 6.34. The second-order valence-electron chi connectivity index (χ2n) is 34.5. The first-order valence-electron chi connectivity index (χ1n) is 44.2. The molecule has 126 heavy (non-hydrogen) atoms. The number of anilines is 6. The van der Waals surface area contributed by atoms with Gasteiger partial charge in [-0.3, -0.25) is 14.4 Å². The standard InChI is InChI=1S/C33H36ClN7O2.C32H41N7O2.C30H36F3N7O2/c1-4-8-30(42)41-18-17-40(20-25(41)19-35-2)32-26-14-16-39(29-13-6-10-23-9-5-12-27(34)31(23)29)21-28(26)36-33(37-32)43-22-24-11-7-15-38(24)3;1-22-8-5-12-29(23(22)2)37-15-13-27-28(20-37)34-32(41-21-25-11-7-14-36(25)4)35-30(27)38-16-17-39(26(19-38)18-33-3)31(40)24-9-6-10-24;1-5-26(41)40-15-14-39(17-22(40)16-34-3)28-23-11-13-38(25-10-6-8-20(2)27(25)30(31,32)33)18-24(23)35-29(36-28)42-19-21-9-7-12-37(21)4/h5-6,9-10,12-13,24-25H,7,11,14-22H2,1,3H3;5,8-9,12,25-26H,6-7,10-11,13-21H2,1-2,4H3;5-6,8,10,21-22H,1,7,9,11-19H2,2,4H3/t24-,25-;25-,26-;21-,22-/m000/s1. The smallest absolute Gasteiger partial charge is 0.418 e.